The number of carbonyl (C=O) groups is 1. The molecule has 0 radical (unpaired) electrons. The van der Waals surface area contributed by atoms with E-state index in [0.717, 1.165) is 12.8 Å². The molecule has 1 fully saturated rings. The van der Waals surface area contributed by atoms with Gasteiger partial charge in [-0.05, 0) is 25.0 Å². The molecule has 0 saturated heterocycles. The van der Waals surface area contributed by atoms with Crippen LogP contribution in [0.3, 0.4) is 0 Å². The summed E-state index contributed by atoms with van der Waals surface area (Å²) >= 11 is 4.88. The van der Waals surface area contributed by atoms with Crippen LogP contribution in [-0.4, -0.2) is 15.9 Å². The van der Waals surface area contributed by atoms with Gasteiger partial charge >= 0.3 is 0 Å². The minimum Gasteiger partial charge on any atom is -0.392 e. The molecule has 1 aliphatic rings. The Hall–Kier alpha value is -1.49. The first-order valence-corrected chi connectivity index (χ1v) is 5.08. The van der Waals surface area contributed by atoms with Crippen LogP contribution in [0.1, 0.15) is 12.8 Å². The van der Waals surface area contributed by atoms with Crippen LogP contribution in [0.15, 0.2) is 24.4 Å². The predicted molar refractivity (Wildman–Crippen MR) is 61.3 cm³/mol. The number of hydrogen-bond donors (Lipinski definition) is 2. The lowest BCUT2D eigenvalue weighted by Crippen LogP contribution is -2.35. The summed E-state index contributed by atoms with van der Waals surface area (Å²) in [7, 11) is 0. The Morgan fingerprint density at radius 2 is 2.27 bits per heavy atom. The molecule has 0 aromatic carbocycles. The van der Waals surface area contributed by atoms with Gasteiger partial charge in [0.25, 0.3) is 0 Å². The first kappa shape index (κ1) is 10.0. The van der Waals surface area contributed by atoms with Crippen molar-refractivity contribution < 1.29 is 4.79 Å². The molecule has 1 saturated carbocycles. The van der Waals surface area contributed by atoms with Crippen LogP contribution < -0.4 is 11.1 Å². The van der Waals surface area contributed by atoms with Gasteiger partial charge in [-0.25, -0.2) is 4.98 Å². The van der Waals surface area contributed by atoms with Crippen molar-refractivity contribution in [2.75, 3.05) is 5.32 Å². The van der Waals surface area contributed by atoms with E-state index in [9.17, 15) is 4.79 Å². The molecule has 15 heavy (non-hydrogen) atoms. The number of pyridine rings is 1. The average molecular weight is 221 g/mol. The van der Waals surface area contributed by atoms with Gasteiger partial charge in [0.1, 0.15) is 5.82 Å². The Labute approximate surface area is 92.9 Å². The second-order valence-electron chi connectivity index (χ2n) is 3.62. The molecule has 1 aliphatic carbocycles. The summed E-state index contributed by atoms with van der Waals surface area (Å²) in [5, 5.41) is 2.71. The van der Waals surface area contributed by atoms with Crippen LogP contribution in [0.5, 0.6) is 0 Å². The van der Waals surface area contributed by atoms with Crippen molar-refractivity contribution in [2.24, 2.45) is 11.1 Å². The lowest BCUT2D eigenvalue weighted by molar-refractivity contribution is -0.118. The fraction of sp³-hybridized carbons (Fsp3) is 0.300. The summed E-state index contributed by atoms with van der Waals surface area (Å²) in [6, 6.07) is 5.33. The van der Waals surface area contributed by atoms with Crippen molar-refractivity contribution in [3.63, 3.8) is 0 Å². The number of carbonyl (C=O) groups excluding carboxylic acids is 1. The summed E-state index contributed by atoms with van der Waals surface area (Å²) in [6.07, 6.45) is 3.10. The van der Waals surface area contributed by atoms with E-state index in [2.05, 4.69) is 10.3 Å². The van der Waals surface area contributed by atoms with E-state index < -0.39 is 5.41 Å². The molecule has 0 aliphatic heterocycles. The topological polar surface area (TPSA) is 68.0 Å². The summed E-state index contributed by atoms with van der Waals surface area (Å²) in [5.41, 5.74) is 4.92. The van der Waals surface area contributed by atoms with Gasteiger partial charge in [-0.3, -0.25) is 4.79 Å². The normalized spacial score (nSPS) is 16.8. The molecule has 0 atom stereocenters. The summed E-state index contributed by atoms with van der Waals surface area (Å²) in [6.45, 7) is 0. The molecular formula is C10H11N3OS. The van der Waals surface area contributed by atoms with Gasteiger partial charge in [0.2, 0.25) is 5.91 Å². The third kappa shape index (κ3) is 1.83. The van der Waals surface area contributed by atoms with E-state index in [4.69, 9.17) is 18.0 Å². The number of anilines is 1. The number of nitrogens with one attached hydrogen (secondary N) is 1. The van der Waals surface area contributed by atoms with Gasteiger partial charge in [-0.15, -0.1) is 0 Å². The third-order valence-corrected chi connectivity index (χ3v) is 2.95. The van der Waals surface area contributed by atoms with Crippen molar-refractivity contribution in [1.29, 1.82) is 0 Å². The van der Waals surface area contributed by atoms with Crippen molar-refractivity contribution in [3.8, 4) is 0 Å². The second kappa shape index (κ2) is 3.58. The summed E-state index contributed by atoms with van der Waals surface area (Å²) in [4.78, 5) is 16.1. The molecule has 78 valence electrons. The van der Waals surface area contributed by atoms with Crippen LogP contribution in [-0.2, 0) is 4.79 Å². The maximum absolute atomic E-state index is 11.8. The molecule has 1 aromatic heterocycles. The zero-order chi connectivity index (χ0) is 10.9. The van der Waals surface area contributed by atoms with Gasteiger partial charge in [0.15, 0.2) is 0 Å². The molecule has 3 N–H and O–H groups in total. The van der Waals surface area contributed by atoms with Gasteiger partial charge in [0, 0.05) is 6.20 Å². The van der Waals surface area contributed by atoms with Gasteiger partial charge in [-0.1, -0.05) is 18.3 Å². The highest BCUT2D eigenvalue weighted by Gasteiger charge is 2.52. The first-order chi connectivity index (χ1) is 7.15. The largest absolute Gasteiger partial charge is 0.392 e. The number of aromatic nitrogens is 1. The minimum absolute atomic E-state index is 0.145. The molecule has 4 nitrogen and oxygen atoms in total. The standard InChI is InChI=1S/C10H11N3OS/c11-8(15)10(4-5-10)9(14)13-7-3-1-2-6-12-7/h1-3,6H,4-5H2,(H2,11,15)(H,12,13,14). The highest BCUT2D eigenvalue weighted by atomic mass is 32.1. The number of amides is 1. The van der Waals surface area contributed by atoms with Crippen LogP contribution in [0.25, 0.3) is 0 Å². The number of nitrogens with zero attached hydrogens (tertiary/aromatic N) is 1. The maximum Gasteiger partial charge on any atom is 0.238 e. The fourth-order valence-electron chi connectivity index (χ4n) is 1.38. The lowest BCUT2D eigenvalue weighted by Gasteiger charge is -2.12. The zero-order valence-corrected chi connectivity index (χ0v) is 8.88. The van der Waals surface area contributed by atoms with Crippen molar-refractivity contribution >= 4 is 28.9 Å². The molecular weight excluding hydrogens is 210 g/mol. The summed E-state index contributed by atoms with van der Waals surface area (Å²) in [5.74, 6) is 0.388. The van der Waals surface area contributed by atoms with Crippen molar-refractivity contribution in [3.05, 3.63) is 24.4 Å². The van der Waals surface area contributed by atoms with E-state index in [1.807, 2.05) is 6.07 Å². The molecule has 0 spiro atoms. The first-order valence-electron chi connectivity index (χ1n) is 4.67. The molecule has 2 rings (SSSR count). The lowest BCUT2D eigenvalue weighted by atomic mass is 10.1. The SMILES string of the molecule is NC(=S)C1(C(=O)Nc2ccccn2)CC1. The fourth-order valence-corrected chi connectivity index (χ4v) is 1.68. The molecule has 5 heteroatoms. The molecule has 0 unspecified atom stereocenters. The smallest absolute Gasteiger partial charge is 0.238 e. The average Bonchev–Trinajstić information content (AvgIpc) is 2.99. The number of thiocarbonyl (C=S) groups is 1. The van der Waals surface area contributed by atoms with E-state index in [-0.39, 0.29) is 10.9 Å². The quantitative estimate of drug-likeness (QED) is 0.750. The highest BCUT2D eigenvalue weighted by molar-refractivity contribution is 7.80. The Balaban J connectivity index is 2.08. The van der Waals surface area contributed by atoms with Gasteiger partial charge in [0.05, 0.1) is 10.4 Å². The number of hydrogen-bond acceptors (Lipinski definition) is 3. The van der Waals surface area contributed by atoms with E-state index in [0.29, 0.717) is 5.82 Å². The van der Waals surface area contributed by atoms with E-state index >= 15 is 0 Å². The zero-order valence-electron chi connectivity index (χ0n) is 8.06. The maximum atomic E-state index is 11.8. The Morgan fingerprint density at radius 3 is 2.73 bits per heavy atom. The molecule has 0 bridgehead atoms. The predicted octanol–water partition coefficient (Wildman–Crippen LogP) is 1.09. The van der Waals surface area contributed by atoms with E-state index in [1.165, 1.54) is 0 Å². The Kier molecular flexibility index (Phi) is 2.40. The van der Waals surface area contributed by atoms with E-state index in [1.54, 1.807) is 18.3 Å². The van der Waals surface area contributed by atoms with Gasteiger partial charge < -0.3 is 11.1 Å². The number of rotatable bonds is 3. The molecule has 1 aromatic rings. The molecule has 1 heterocycles. The van der Waals surface area contributed by atoms with Crippen molar-refractivity contribution in [1.82, 2.24) is 4.98 Å². The highest BCUT2D eigenvalue weighted by Crippen LogP contribution is 2.46. The second-order valence-corrected chi connectivity index (χ2v) is 4.06. The number of nitrogens with two attached hydrogens (primary N) is 1. The van der Waals surface area contributed by atoms with Crippen LogP contribution in [0.2, 0.25) is 0 Å². The van der Waals surface area contributed by atoms with Crippen LogP contribution >= 0.6 is 12.2 Å². The summed E-state index contributed by atoms with van der Waals surface area (Å²) < 4.78 is 0. The Morgan fingerprint density at radius 1 is 1.53 bits per heavy atom. The van der Waals surface area contributed by atoms with Crippen LogP contribution in [0, 0.1) is 5.41 Å². The third-order valence-electron chi connectivity index (χ3n) is 2.56. The molecule has 1 amide bonds. The van der Waals surface area contributed by atoms with Crippen molar-refractivity contribution in [2.45, 2.75) is 12.8 Å². The minimum atomic E-state index is -0.618. The van der Waals surface area contributed by atoms with Crippen LogP contribution in [0.4, 0.5) is 5.82 Å². The van der Waals surface area contributed by atoms with Gasteiger partial charge in [-0.2, -0.15) is 0 Å². The monoisotopic (exact) mass is 221 g/mol. The Bertz CT molecular complexity index is 400.